The number of thiophene rings is 2. The van der Waals surface area contributed by atoms with Crippen LogP contribution in [0.5, 0.6) is 0 Å². The van der Waals surface area contributed by atoms with Gasteiger partial charge in [-0.05, 0) is 48.3 Å². The van der Waals surface area contributed by atoms with E-state index in [0.717, 1.165) is 23.9 Å². The van der Waals surface area contributed by atoms with Crippen molar-refractivity contribution in [1.82, 2.24) is 5.32 Å². The van der Waals surface area contributed by atoms with Crippen LogP contribution in [-0.2, 0) is 4.74 Å². The molecule has 1 fully saturated rings. The SMILES string of the molecule is COCCC1(CNC(c2cccs2)c2ccc(Cl)s2)CC1. The van der Waals surface area contributed by atoms with Gasteiger partial charge in [0.1, 0.15) is 0 Å². The number of halogens is 1. The molecule has 1 unspecified atom stereocenters. The lowest BCUT2D eigenvalue weighted by molar-refractivity contribution is 0.170. The van der Waals surface area contributed by atoms with Crippen LogP contribution >= 0.6 is 34.3 Å². The molecule has 114 valence electrons. The van der Waals surface area contributed by atoms with Crippen molar-refractivity contribution in [3.63, 3.8) is 0 Å². The van der Waals surface area contributed by atoms with Crippen LogP contribution in [0.3, 0.4) is 0 Å². The second-order valence-corrected chi connectivity index (χ2v) is 8.44. The lowest BCUT2D eigenvalue weighted by atomic mass is 10.0. The van der Waals surface area contributed by atoms with Crippen LogP contribution in [0.2, 0.25) is 4.34 Å². The highest BCUT2D eigenvalue weighted by atomic mass is 35.5. The highest BCUT2D eigenvalue weighted by Gasteiger charge is 2.42. The van der Waals surface area contributed by atoms with Gasteiger partial charge in [-0.1, -0.05) is 17.7 Å². The summed E-state index contributed by atoms with van der Waals surface area (Å²) in [6.07, 6.45) is 3.77. The van der Waals surface area contributed by atoms with Crippen molar-refractivity contribution >= 4 is 34.3 Å². The summed E-state index contributed by atoms with van der Waals surface area (Å²) in [5.74, 6) is 0. The van der Waals surface area contributed by atoms with E-state index >= 15 is 0 Å². The van der Waals surface area contributed by atoms with Crippen molar-refractivity contribution in [2.24, 2.45) is 5.41 Å². The topological polar surface area (TPSA) is 21.3 Å². The minimum Gasteiger partial charge on any atom is -0.385 e. The molecule has 0 aliphatic heterocycles. The van der Waals surface area contributed by atoms with Gasteiger partial charge in [0.05, 0.1) is 10.4 Å². The first-order chi connectivity index (χ1) is 10.2. The van der Waals surface area contributed by atoms with E-state index in [1.165, 1.54) is 22.6 Å². The van der Waals surface area contributed by atoms with E-state index in [1.807, 2.05) is 6.07 Å². The molecular weight excluding hydrogens is 322 g/mol. The molecule has 21 heavy (non-hydrogen) atoms. The van der Waals surface area contributed by atoms with Crippen LogP contribution in [-0.4, -0.2) is 20.3 Å². The van der Waals surface area contributed by atoms with Crippen LogP contribution in [0.1, 0.15) is 35.1 Å². The van der Waals surface area contributed by atoms with E-state index in [2.05, 4.69) is 28.9 Å². The molecule has 2 aromatic heterocycles. The number of hydrogen-bond donors (Lipinski definition) is 1. The monoisotopic (exact) mass is 341 g/mol. The average Bonchev–Trinajstić information content (AvgIpc) is 2.89. The van der Waals surface area contributed by atoms with Gasteiger partial charge in [0.25, 0.3) is 0 Å². The Kier molecular flexibility index (Phi) is 5.02. The predicted molar refractivity (Wildman–Crippen MR) is 91.7 cm³/mol. The third-order valence-corrected chi connectivity index (χ3v) is 6.41. The quantitative estimate of drug-likeness (QED) is 0.732. The summed E-state index contributed by atoms with van der Waals surface area (Å²) in [5, 5.41) is 5.91. The summed E-state index contributed by atoms with van der Waals surface area (Å²) in [7, 11) is 1.78. The van der Waals surface area contributed by atoms with E-state index in [-0.39, 0.29) is 6.04 Å². The molecule has 0 saturated heterocycles. The van der Waals surface area contributed by atoms with Crippen molar-refractivity contribution in [3.8, 4) is 0 Å². The summed E-state index contributed by atoms with van der Waals surface area (Å²) in [4.78, 5) is 2.65. The normalized spacial score (nSPS) is 17.8. The van der Waals surface area contributed by atoms with Gasteiger partial charge in [-0.15, -0.1) is 22.7 Å². The van der Waals surface area contributed by atoms with E-state index in [1.54, 1.807) is 29.8 Å². The largest absolute Gasteiger partial charge is 0.385 e. The Balaban J connectivity index is 1.69. The fourth-order valence-electron chi connectivity index (χ4n) is 2.61. The smallest absolute Gasteiger partial charge is 0.0931 e. The van der Waals surface area contributed by atoms with Crippen LogP contribution in [0.4, 0.5) is 0 Å². The second kappa shape index (κ2) is 6.80. The zero-order chi connectivity index (χ0) is 14.7. The molecule has 1 N–H and O–H groups in total. The number of rotatable bonds is 8. The van der Waals surface area contributed by atoms with Crippen molar-refractivity contribution < 1.29 is 4.74 Å². The Morgan fingerprint density at radius 1 is 1.33 bits per heavy atom. The molecule has 0 radical (unpaired) electrons. The average molecular weight is 342 g/mol. The molecule has 0 amide bonds. The summed E-state index contributed by atoms with van der Waals surface area (Å²) >= 11 is 9.58. The molecule has 2 heterocycles. The van der Waals surface area contributed by atoms with E-state index in [0.29, 0.717) is 5.41 Å². The zero-order valence-electron chi connectivity index (χ0n) is 12.1. The molecule has 3 rings (SSSR count). The van der Waals surface area contributed by atoms with Crippen molar-refractivity contribution in [3.05, 3.63) is 43.7 Å². The van der Waals surface area contributed by atoms with Gasteiger partial charge in [0, 0.05) is 30.0 Å². The Morgan fingerprint density at radius 3 is 2.76 bits per heavy atom. The summed E-state index contributed by atoms with van der Waals surface area (Å²) in [6.45, 7) is 1.91. The van der Waals surface area contributed by atoms with E-state index < -0.39 is 0 Å². The lowest BCUT2D eigenvalue weighted by Crippen LogP contribution is -2.29. The minimum atomic E-state index is 0.266. The maximum atomic E-state index is 6.11. The molecule has 5 heteroatoms. The third-order valence-electron chi connectivity index (χ3n) is 4.18. The first-order valence-electron chi connectivity index (χ1n) is 7.23. The van der Waals surface area contributed by atoms with E-state index in [9.17, 15) is 0 Å². The van der Waals surface area contributed by atoms with Crippen LogP contribution < -0.4 is 5.32 Å². The summed E-state index contributed by atoms with van der Waals surface area (Å²) < 4.78 is 6.10. The highest BCUT2D eigenvalue weighted by molar-refractivity contribution is 7.16. The summed E-state index contributed by atoms with van der Waals surface area (Å²) in [5.41, 5.74) is 0.451. The Morgan fingerprint density at radius 2 is 2.19 bits per heavy atom. The number of methoxy groups -OCH3 is 1. The van der Waals surface area contributed by atoms with Gasteiger partial charge < -0.3 is 10.1 Å². The summed E-state index contributed by atoms with van der Waals surface area (Å²) in [6, 6.07) is 8.70. The van der Waals surface area contributed by atoms with Gasteiger partial charge in [-0.25, -0.2) is 0 Å². The van der Waals surface area contributed by atoms with Crippen LogP contribution in [0.25, 0.3) is 0 Å². The van der Waals surface area contributed by atoms with E-state index in [4.69, 9.17) is 16.3 Å². The van der Waals surface area contributed by atoms with Crippen molar-refractivity contribution in [2.45, 2.75) is 25.3 Å². The maximum absolute atomic E-state index is 6.11. The third kappa shape index (κ3) is 3.88. The Labute approximate surface area is 139 Å². The van der Waals surface area contributed by atoms with Gasteiger partial charge in [-0.2, -0.15) is 0 Å². The molecule has 1 atom stereocenters. The molecule has 0 spiro atoms. The van der Waals surface area contributed by atoms with Gasteiger partial charge in [0.15, 0.2) is 0 Å². The molecule has 1 aliphatic carbocycles. The molecule has 1 aliphatic rings. The van der Waals surface area contributed by atoms with Crippen LogP contribution in [0, 0.1) is 5.41 Å². The second-order valence-electron chi connectivity index (χ2n) is 5.71. The molecule has 2 aromatic rings. The fraction of sp³-hybridized carbons (Fsp3) is 0.500. The molecule has 2 nitrogen and oxygen atoms in total. The lowest BCUT2D eigenvalue weighted by Gasteiger charge is -2.21. The molecule has 0 bridgehead atoms. The predicted octanol–water partition coefficient (Wildman–Crippen LogP) is 4.96. The standard InChI is InChI=1S/C16H20ClNOS2/c1-19-9-8-16(6-7-16)11-18-15(12-3-2-10-20-12)13-4-5-14(17)21-13/h2-5,10,15,18H,6-9,11H2,1H3. The van der Waals surface area contributed by atoms with Crippen molar-refractivity contribution in [2.75, 3.05) is 20.3 Å². The highest BCUT2D eigenvalue weighted by Crippen LogP contribution is 2.48. The van der Waals surface area contributed by atoms with Crippen molar-refractivity contribution in [1.29, 1.82) is 0 Å². The number of hydrogen-bond acceptors (Lipinski definition) is 4. The number of nitrogens with one attached hydrogen (secondary N) is 1. The minimum absolute atomic E-state index is 0.266. The van der Waals surface area contributed by atoms with Gasteiger partial charge >= 0.3 is 0 Å². The molecule has 1 saturated carbocycles. The Hall–Kier alpha value is -0.390. The van der Waals surface area contributed by atoms with Gasteiger partial charge in [-0.3, -0.25) is 0 Å². The molecule has 0 aromatic carbocycles. The fourth-order valence-corrected chi connectivity index (χ4v) is 4.66. The first-order valence-corrected chi connectivity index (χ1v) is 9.31. The number of ether oxygens (including phenoxy) is 1. The first kappa shape index (κ1) is 15.5. The van der Waals surface area contributed by atoms with Crippen LogP contribution in [0.15, 0.2) is 29.6 Å². The zero-order valence-corrected chi connectivity index (χ0v) is 14.5. The Bertz CT molecular complexity index is 563. The van der Waals surface area contributed by atoms with Gasteiger partial charge in [0.2, 0.25) is 0 Å². The molecular formula is C16H20ClNOS2. The maximum Gasteiger partial charge on any atom is 0.0931 e.